The molecule has 0 radical (unpaired) electrons. The fourth-order valence-corrected chi connectivity index (χ4v) is 4.53. The van der Waals surface area contributed by atoms with Gasteiger partial charge in [-0.1, -0.05) is 29.8 Å². The van der Waals surface area contributed by atoms with E-state index in [1.54, 1.807) is 6.07 Å². The van der Waals surface area contributed by atoms with Gasteiger partial charge in [-0.2, -0.15) is 0 Å². The van der Waals surface area contributed by atoms with Crippen molar-refractivity contribution in [1.29, 1.82) is 0 Å². The van der Waals surface area contributed by atoms with Crippen molar-refractivity contribution < 1.29 is 9.53 Å². The first-order chi connectivity index (χ1) is 13.1. The molecule has 0 fully saturated rings. The lowest BCUT2D eigenvalue weighted by Gasteiger charge is -2.32. The summed E-state index contributed by atoms with van der Waals surface area (Å²) < 4.78 is 6.88. The van der Waals surface area contributed by atoms with Crippen molar-refractivity contribution in [2.75, 3.05) is 7.11 Å². The summed E-state index contributed by atoms with van der Waals surface area (Å²) in [7, 11) is 1.46. The van der Waals surface area contributed by atoms with Gasteiger partial charge in [0.2, 0.25) is 0 Å². The number of ether oxygens (including phenoxy) is 1. The summed E-state index contributed by atoms with van der Waals surface area (Å²) in [6.45, 7) is 2.70. The van der Waals surface area contributed by atoms with E-state index in [1.165, 1.54) is 34.9 Å². The number of pyridine rings is 1. The van der Waals surface area contributed by atoms with Crippen molar-refractivity contribution in [3.8, 4) is 0 Å². The number of carbonyl (C=O) groups is 1. The molecule has 1 heterocycles. The van der Waals surface area contributed by atoms with Crippen molar-refractivity contribution in [2.24, 2.45) is 5.92 Å². The lowest BCUT2D eigenvalue weighted by Crippen LogP contribution is -2.28. The van der Waals surface area contributed by atoms with Gasteiger partial charge in [-0.25, -0.2) is 0 Å². The van der Waals surface area contributed by atoms with E-state index in [4.69, 9.17) is 4.74 Å². The summed E-state index contributed by atoms with van der Waals surface area (Å²) in [5, 5.41) is 0. The Bertz CT molecular complexity index is 983. The number of benzene rings is 1. The molecule has 2 aliphatic rings. The number of nitrogens with zero attached hydrogens (tertiary/aromatic N) is 1. The normalized spacial score (nSPS) is 18.7. The van der Waals surface area contributed by atoms with E-state index >= 15 is 0 Å². The number of rotatable bonds is 3. The third-order valence-electron chi connectivity index (χ3n) is 6.07. The van der Waals surface area contributed by atoms with Crippen molar-refractivity contribution in [3.63, 3.8) is 0 Å². The van der Waals surface area contributed by atoms with Crippen LogP contribution in [-0.4, -0.2) is 17.6 Å². The molecule has 1 unspecified atom stereocenters. The first-order valence-electron chi connectivity index (χ1n) is 9.65. The van der Waals surface area contributed by atoms with Gasteiger partial charge >= 0.3 is 5.97 Å². The van der Waals surface area contributed by atoms with Crippen molar-refractivity contribution in [2.45, 2.75) is 45.6 Å². The second-order valence-electron chi connectivity index (χ2n) is 7.59. The topological polar surface area (TPSA) is 48.3 Å². The number of allylic oxidation sites excluding steroid dienone is 2. The van der Waals surface area contributed by atoms with Gasteiger partial charge in [0.15, 0.2) is 0 Å². The number of carbonyl (C=O) groups excluding carboxylic acids is 1. The summed E-state index contributed by atoms with van der Waals surface area (Å²) >= 11 is 0. The number of esters is 1. The standard InChI is InChI=1S/C23H25NO3/c1-15-5-3-4-6-18(15)14-24-21-11-8-16-13-17(23(26)27-2)7-9-19(16)20(21)10-12-22(24)25/h3-6,10,12,17H,7-9,11,13-14H2,1-2H3. The first kappa shape index (κ1) is 17.8. The van der Waals surface area contributed by atoms with Crippen LogP contribution in [0, 0.1) is 12.8 Å². The van der Waals surface area contributed by atoms with E-state index in [-0.39, 0.29) is 17.4 Å². The zero-order valence-electron chi connectivity index (χ0n) is 16.0. The van der Waals surface area contributed by atoms with Gasteiger partial charge in [0, 0.05) is 11.8 Å². The molecule has 2 aromatic rings. The molecule has 0 saturated heterocycles. The van der Waals surface area contributed by atoms with E-state index in [2.05, 4.69) is 19.1 Å². The maximum Gasteiger partial charge on any atom is 0.308 e. The zero-order valence-corrected chi connectivity index (χ0v) is 16.0. The summed E-state index contributed by atoms with van der Waals surface area (Å²) in [5.41, 5.74) is 7.50. The lowest BCUT2D eigenvalue weighted by molar-refractivity contribution is -0.145. The number of fused-ring (bicyclic) bond motifs is 2. The fourth-order valence-electron chi connectivity index (χ4n) is 4.53. The molecule has 0 spiro atoms. The molecule has 1 aromatic carbocycles. The molecular formula is C23H25NO3. The molecule has 1 atom stereocenters. The van der Waals surface area contributed by atoms with Gasteiger partial charge in [-0.15, -0.1) is 0 Å². The van der Waals surface area contributed by atoms with Crippen LogP contribution in [0.1, 0.15) is 48.1 Å². The Labute approximate surface area is 159 Å². The monoisotopic (exact) mass is 363 g/mol. The van der Waals surface area contributed by atoms with E-state index < -0.39 is 0 Å². The summed E-state index contributed by atoms with van der Waals surface area (Å²) in [4.78, 5) is 24.6. The van der Waals surface area contributed by atoms with Gasteiger partial charge in [0.25, 0.3) is 5.56 Å². The molecule has 0 amide bonds. The Morgan fingerprint density at radius 2 is 1.96 bits per heavy atom. The molecule has 4 nitrogen and oxygen atoms in total. The van der Waals surface area contributed by atoms with E-state index in [0.29, 0.717) is 6.54 Å². The van der Waals surface area contributed by atoms with Gasteiger partial charge < -0.3 is 9.30 Å². The maximum atomic E-state index is 12.6. The van der Waals surface area contributed by atoms with Gasteiger partial charge in [0.05, 0.1) is 19.6 Å². The maximum absolute atomic E-state index is 12.6. The quantitative estimate of drug-likeness (QED) is 0.778. The SMILES string of the molecule is COC(=O)C1CCC2=C(CCc3c2ccc(=O)n3Cc2ccccc2C)C1. The van der Waals surface area contributed by atoms with Crippen molar-refractivity contribution in [3.05, 3.63) is 74.7 Å². The minimum Gasteiger partial charge on any atom is -0.469 e. The van der Waals surface area contributed by atoms with E-state index in [9.17, 15) is 9.59 Å². The average molecular weight is 363 g/mol. The average Bonchev–Trinajstić information content (AvgIpc) is 2.70. The molecule has 0 saturated carbocycles. The number of methoxy groups -OCH3 is 1. The second kappa shape index (κ2) is 7.18. The van der Waals surface area contributed by atoms with Crippen LogP contribution in [0.15, 0.2) is 46.8 Å². The third kappa shape index (κ3) is 3.25. The molecule has 4 heteroatoms. The van der Waals surface area contributed by atoms with Crippen molar-refractivity contribution >= 4 is 11.5 Å². The molecule has 0 aliphatic heterocycles. The minimum absolute atomic E-state index is 0.0202. The van der Waals surface area contributed by atoms with Crippen LogP contribution in [0.2, 0.25) is 0 Å². The van der Waals surface area contributed by atoms with Crippen LogP contribution < -0.4 is 5.56 Å². The molecular weight excluding hydrogens is 338 g/mol. The van der Waals surface area contributed by atoms with Crippen LogP contribution in [0.25, 0.3) is 5.57 Å². The number of hydrogen-bond acceptors (Lipinski definition) is 3. The highest BCUT2D eigenvalue weighted by Gasteiger charge is 2.31. The predicted molar refractivity (Wildman–Crippen MR) is 106 cm³/mol. The molecule has 1 aromatic heterocycles. The Kier molecular flexibility index (Phi) is 4.73. The van der Waals surface area contributed by atoms with Crippen LogP contribution >= 0.6 is 0 Å². The third-order valence-corrected chi connectivity index (χ3v) is 6.07. The summed E-state index contributed by atoms with van der Waals surface area (Å²) in [5.74, 6) is -0.120. The lowest BCUT2D eigenvalue weighted by atomic mass is 9.76. The first-order valence-corrected chi connectivity index (χ1v) is 9.65. The molecule has 140 valence electrons. The highest BCUT2D eigenvalue weighted by Crippen LogP contribution is 2.42. The summed E-state index contributed by atoms with van der Waals surface area (Å²) in [6, 6.07) is 11.9. The minimum atomic E-state index is -0.100. The fraction of sp³-hybridized carbons (Fsp3) is 0.391. The Morgan fingerprint density at radius 1 is 1.15 bits per heavy atom. The number of aromatic nitrogens is 1. The van der Waals surface area contributed by atoms with Gasteiger partial charge in [0.1, 0.15) is 0 Å². The summed E-state index contributed by atoms with van der Waals surface area (Å²) in [6.07, 6.45) is 4.27. The number of hydrogen-bond donors (Lipinski definition) is 0. The second-order valence-corrected chi connectivity index (χ2v) is 7.59. The Morgan fingerprint density at radius 3 is 2.74 bits per heavy atom. The predicted octanol–water partition coefficient (Wildman–Crippen LogP) is 3.88. The highest BCUT2D eigenvalue weighted by atomic mass is 16.5. The number of aryl methyl sites for hydroxylation is 1. The van der Waals surface area contributed by atoms with Crippen LogP contribution in [0.4, 0.5) is 0 Å². The van der Waals surface area contributed by atoms with Crippen LogP contribution in [0.3, 0.4) is 0 Å². The molecule has 27 heavy (non-hydrogen) atoms. The van der Waals surface area contributed by atoms with Gasteiger partial charge in [-0.05, 0) is 67.4 Å². The largest absolute Gasteiger partial charge is 0.469 e. The highest BCUT2D eigenvalue weighted by molar-refractivity contribution is 5.78. The Balaban J connectivity index is 1.72. The zero-order chi connectivity index (χ0) is 19.0. The Hall–Kier alpha value is -2.62. The molecule has 0 bridgehead atoms. The molecule has 0 N–H and O–H groups in total. The van der Waals surface area contributed by atoms with Gasteiger partial charge in [-0.3, -0.25) is 9.59 Å². The van der Waals surface area contributed by atoms with Crippen molar-refractivity contribution in [1.82, 2.24) is 4.57 Å². The van der Waals surface area contributed by atoms with E-state index in [0.717, 1.165) is 37.8 Å². The van der Waals surface area contributed by atoms with E-state index in [1.807, 2.05) is 22.8 Å². The van der Waals surface area contributed by atoms with Crippen LogP contribution in [0.5, 0.6) is 0 Å². The molecule has 4 rings (SSSR count). The molecule has 2 aliphatic carbocycles. The van der Waals surface area contributed by atoms with Crippen LogP contribution in [-0.2, 0) is 22.5 Å². The smallest absolute Gasteiger partial charge is 0.308 e.